The molecule has 2 aliphatic rings. The number of fused-ring (bicyclic) bond motifs is 1. The van der Waals surface area contributed by atoms with Crippen molar-refractivity contribution in [1.82, 2.24) is 0 Å². The molecule has 2 aromatic rings. The predicted molar refractivity (Wildman–Crippen MR) is 100 cm³/mol. The van der Waals surface area contributed by atoms with Crippen LogP contribution in [-0.4, -0.2) is 20.8 Å². The lowest BCUT2D eigenvalue weighted by atomic mass is 9.99. The summed E-state index contributed by atoms with van der Waals surface area (Å²) in [6.07, 6.45) is 5.74. The first kappa shape index (κ1) is 16.5. The summed E-state index contributed by atoms with van der Waals surface area (Å²) in [5.41, 5.74) is 3.68. The van der Waals surface area contributed by atoms with Crippen LogP contribution in [0.3, 0.4) is 0 Å². The summed E-state index contributed by atoms with van der Waals surface area (Å²) in [5.74, 6) is 1.72. The van der Waals surface area contributed by atoms with E-state index in [0.717, 1.165) is 29.0 Å². The fraction of sp³-hybridized carbons (Fsp3) is 0.400. The summed E-state index contributed by atoms with van der Waals surface area (Å²) < 4.78 is 32.5. The van der Waals surface area contributed by atoms with Gasteiger partial charge in [-0.15, -0.1) is 0 Å². The van der Waals surface area contributed by atoms with Gasteiger partial charge in [-0.2, -0.15) is 0 Å². The van der Waals surface area contributed by atoms with Crippen molar-refractivity contribution >= 4 is 15.7 Å². The molecule has 4 nitrogen and oxygen atoms in total. The molecule has 0 unspecified atom stereocenters. The van der Waals surface area contributed by atoms with Gasteiger partial charge in [-0.1, -0.05) is 43.2 Å². The maximum Gasteiger partial charge on any atom is 0.233 e. The number of aryl methyl sites for hydroxylation is 1. The highest BCUT2D eigenvalue weighted by atomic mass is 32.2. The van der Waals surface area contributed by atoms with Crippen LogP contribution >= 0.6 is 0 Å². The smallest absolute Gasteiger partial charge is 0.233 e. The molecule has 1 aliphatic carbocycles. The molecule has 4 rings (SSSR count). The van der Waals surface area contributed by atoms with Gasteiger partial charge in [-0.3, -0.25) is 4.72 Å². The van der Waals surface area contributed by atoms with Crippen LogP contribution < -0.4 is 9.46 Å². The molecule has 0 saturated heterocycles. The number of ether oxygens (including phenoxy) is 1. The lowest BCUT2D eigenvalue weighted by Gasteiger charge is -2.21. The van der Waals surface area contributed by atoms with Gasteiger partial charge in [-0.25, -0.2) is 8.42 Å². The monoisotopic (exact) mass is 357 g/mol. The van der Waals surface area contributed by atoms with Crippen molar-refractivity contribution in [2.24, 2.45) is 5.92 Å². The summed E-state index contributed by atoms with van der Waals surface area (Å²) in [5, 5.41) is 0. The number of hydrogen-bond acceptors (Lipinski definition) is 3. The van der Waals surface area contributed by atoms with Crippen molar-refractivity contribution in [3.05, 3.63) is 48.0 Å². The van der Waals surface area contributed by atoms with E-state index in [1.807, 2.05) is 42.5 Å². The predicted octanol–water partition coefficient (Wildman–Crippen LogP) is 4.22. The molecule has 5 heteroatoms. The van der Waals surface area contributed by atoms with E-state index >= 15 is 0 Å². The molecule has 0 amide bonds. The first-order valence-corrected chi connectivity index (χ1v) is 10.6. The van der Waals surface area contributed by atoms with E-state index in [-0.39, 0.29) is 5.75 Å². The minimum Gasteiger partial charge on any atom is -0.493 e. The molecule has 0 aromatic heterocycles. The molecule has 1 heterocycles. The number of hydrogen-bond donors (Lipinski definition) is 1. The number of anilines is 1. The summed E-state index contributed by atoms with van der Waals surface area (Å²) in [7, 11) is -3.23. The van der Waals surface area contributed by atoms with Crippen LogP contribution in [0, 0.1) is 5.92 Å². The normalized spacial score (nSPS) is 19.2. The maximum atomic E-state index is 11.9. The van der Waals surface area contributed by atoms with Crippen LogP contribution in [0.4, 0.5) is 5.69 Å². The van der Waals surface area contributed by atoms with E-state index in [1.54, 1.807) is 0 Å². The molecule has 0 bridgehead atoms. The zero-order valence-corrected chi connectivity index (χ0v) is 15.0. The molecule has 132 valence electrons. The van der Waals surface area contributed by atoms with E-state index in [9.17, 15) is 8.42 Å². The highest BCUT2D eigenvalue weighted by molar-refractivity contribution is 7.92. The summed E-state index contributed by atoms with van der Waals surface area (Å²) in [6, 6.07) is 13.9. The SMILES string of the molecule is O=S1(=O)CCc2cccc(-c3ccc(OCC4CCCC4)cc3)c2N1. The topological polar surface area (TPSA) is 55.4 Å². The molecule has 1 N–H and O–H groups in total. The van der Waals surface area contributed by atoms with Crippen LogP contribution in [0.25, 0.3) is 11.1 Å². The second-order valence-corrected chi connectivity index (χ2v) is 8.84. The molecular formula is C20H23NO3S. The van der Waals surface area contributed by atoms with Crippen molar-refractivity contribution < 1.29 is 13.2 Å². The Morgan fingerprint density at radius 1 is 1.04 bits per heavy atom. The number of benzene rings is 2. The summed E-state index contributed by atoms with van der Waals surface area (Å²) in [4.78, 5) is 0. The second-order valence-electron chi connectivity index (χ2n) is 7.00. The third kappa shape index (κ3) is 3.66. The van der Waals surface area contributed by atoms with Crippen molar-refractivity contribution in [2.45, 2.75) is 32.1 Å². The molecule has 0 spiro atoms. The average Bonchev–Trinajstić information content (AvgIpc) is 3.13. The van der Waals surface area contributed by atoms with Crippen LogP contribution in [0.15, 0.2) is 42.5 Å². The van der Waals surface area contributed by atoms with Crippen LogP contribution in [0.2, 0.25) is 0 Å². The van der Waals surface area contributed by atoms with Gasteiger partial charge in [0.1, 0.15) is 5.75 Å². The van der Waals surface area contributed by atoms with Gasteiger partial charge in [0.05, 0.1) is 18.0 Å². The molecule has 1 fully saturated rings. The zero-order chi connectivity index (χ0) is 17.3. The third-order valence-corrected chi connectivity index (χ3v) is 6.43. The Labute approximate surface area is 149 Å². The fourth-order valence-electron chi connectivity index (χ4n) is 3.74. The van der Waals surface area contributed by atoms with E-state index in [2.05, 4.69) is 4.72 Å². The fourth-order valence-corrected chi connectivity index (χ4v) is 4.88. The van der Waals surface area contributed by atoms with E-state index in [4.69, 9.17) is 4.74 Å². The molecule has 2 aromatic carbocycles. The standard InChI is InChI=1S/C20H23NO3S/c22-25(23)13-12-17-6-3-7-19(20(17)21-25)16-8-10-18(11-9-16)24-14-15-4-1-2-5-15/h3,6-11,15,21H,1-2,4-5,12-14H2. The lowest BCUT2D eigenvalue weighted by molar-refractivity contribution is 0.252. The highest BCUT2D eigenvalue weighted by Crippen LogP contribution is 2.35. The van der Waals surface area contributed by atoms with Gasteiger partial charge in [-0.05, 0) is 48.4 Å². The highest BCUT2D eigenvalue weighted by Gasteiger charge is 2.22. The van der Waals surface area contributed by atoms with Gasteiger partial charge in [0.2, 0.25) is 10.0 Å². The Morgan fingerprint density at radius 3 is 2.56 bits per heavy atom. The second kappa shape index (κ2) is 6.71. The number of para-hydroxylation sites is 1. The van der Waals surface area contributed by atoms with Crippen molar-refractivity contribution in [3.63, 3.8) is 0 Å². The molecule has 0 radical (unpaired) electrons. The van der Waals surface area contributed by atoms with Crippen molar-refractivity contribution in [2.75, 3.05) is 17.1 Å². The minimum absolute atomic E-state index is 0.150. The summed E-state index contributed by atoms with van der Waals surface area (Å²) >= 11 is 0. The Morgan fingerprint density at radius 2 is 1.80 bits per heavy atom. The van der Waals surface area contributed by atoms with Gasteiger partial charge in [0, 0.05) is 5.56 Å². The largest absolute Gasteiger partial charge is 0.493 e. The van der Waals surface area contributed by atoms with E-state index < -0.39 is 10.0 Å². The average molecular weight is 357 g/mol. The van der Waals surface area contributed by atoms with Gasteiger partial charge < -0.3 is 4.74 Å². The Bertz CT molecular complexity index is 853. The van der Waals surface area contributed by atoms with Gasteiger partial charge in [0.25, 0.3) is 0 Å². The number of rotatable bonds is 4. The van der Waals surface area contributed by atoms with E-state index in [1.165, 1.54) is 25.7 Å². The molecular weight excluding hydrogens is 334 g/mol. The molecule has 25 heavy (non-hydrogen) atoms. The Hall–Kier alpha value is -2.01. The van der Waals surface area contributed by atoms with Gasteiger partial charge in [0.15, 0.2) is 0 Å². The van der Waals surface area contributed by atoms with Crippen molar-refractivity contribution in [3.8, 4) is 16.9 Å². The minimum atomic E-state index is -3.23. The Kier molecular flexibility index (Phi) is 4.42. The first-order valence-electron chi connectivity index (χ1n) is 8.96. The Balaban J connectivity index is 1.54. The third-order valence-electron chi connectivity index (χ3n) is 5.17. The number of nitrogens with one attached hydrogen (secondary N) is 1. The van der Waals surface area contributed by atoms with Crippen molar-refractivity contribution in [1.29, 1.82) is 0 Å². The van der Waals surface area contributed by atoms with Crippen LogP contribution in [0.1, 0.15) is 31.2 Å². The molecule has 1 saturated carbocycles. The van der Waals surface area contributed by atoms with Gasteiger partial charge >= 0.3 is 0 Å². The summed E-state index contributed by atoms with van der Waals surface area (Å²) in [6.45, 7) is 0.792. The molecule has 0 atom stereocenters. The molecule has 1 aliphatic heterocycles. The lowest BCUT2D eigenvalue weighted by Crippen LogP contribution is -2.24. The van der Waals surface area contributed by atoms with E-state index in [0.29, 0.717) is 18.0 Å². The zero-order valence-electron chi connectivity index (χ0n) is 14.2. The van der Waals surface area contributed by atoms with Crippen LogP contribution in [0.5, 0.6) is 5.75 Å². The quantitative estimate of drug-likeness (QED) is 0.891. The first-order chi connectivity index (χ1) is 12.1. The maximum absolute atomic E-state index is 11.9. The van der Waals surface area contributed by atoms with Crippen LogP contribution in [-0.2, 0) is 16.4 Å². The number of sulfonamides is 1.